The number of nitrogens with two attached hydrogens (primary N) is 1. The lowest BCUT2D eigenvalue weighted by molar-refractivity contribution is 1.26. The molecule has 0 atom stereocenters. The average Bonchev–Trinajstić information content (AvgIpc) is 2.17. The van der Waals surface area contributed by atoms with Crippen molar-refractivity contribution in [3.63, 3.8) is 0 Å². The van der Waals surface area contributed by atoms with Gasteiger partial charge in [0.2, 0.25) is 0 Å². The van der Waals surface area contributed by atoms with Gasteiger partial charge in [0.05, 0.1) is 0 Å². The predicted octanol–water partition coefficient (Wildman–Crippen LogP) is 2.77. The van der Waals surface area contributed by atoms with Gasteiger partial charge in [-0.2, -0.15) is 0 Å². The zero-order valence-electron chi connectivity index (χ0n) is 7.86. The Morgan fingerprint density at radius 3 is 2.54 bits per heavy atom. The molecule has 0 aliphatic rings. The number of thioether (sulfide) groups is 1. The molecular formula is C11H15NS. The van der Waals surface area contributed by atoms with E-state index in [0.29, 0.717) is 6.54 Å². The average molecular weight is 193 g/mol. The molecule has 1 rings (SSSR count). The monoisotopic (exact) mass is 193 g/mol. The lowest BCUT2D eigenvalue weighted by Crippen LogP contribution is -1.91. The molecule has 1 nitrogen and oxygen atoms in total. The first-order valence-corrected chi connectivity index (χ1v) is 5.45. The molecule has 0 aromatic heterocycles. The zero-order valence-corrected chi connectivity index (χ0v) is 8.68. The number of rotatable bonds is 4. The molecule has 0 saturated heterocycles. The summed E-state index contributed by atoms with van der Waals surface area (Å²) in [5.74, 6) is 1.12. The molecule has 2 heteroatoms. The van der Waals surface area contributed by atoms with Crippen LogP contribution in [0.15, 0.2) is 35.2 Å². The highest BCUT2D eigenvalue weighted by Crippen LogP contribution is 2.17. The summed E-state index contributed by atoms with van der Waals surface area (Å²) in [5.41, 5.74) is 6.58. The van der Waals surface area contributed by atoms with Crippen LogP contribution in [0, 0.1) is 0 Å². The highest BCUT2D eigenvalue weighted by Gasteiger charge is 1.90. The van der Waals surface area contributed by atoms with Gasteiger partial charge in [-0.05, 0) is 23.4 Å². The van der Waals surface area contributed by atoms with Gasteiger partial charge in [0.25, 0.3) is 0 Å². The molecule has 0 amide bonds. The van der Waals surface area contributed by atoms with Crippen LogP contribution in [0.25, 0.3) is 6.08 Å². The van der Waals surface area contributed by atoms with Crippen molar-refractivity contribution in [1.29, 1.82) is 0 Å². The number of hydrogen-bond donors (Lipinski definition) is 1. The third-order valence-corrected chi connectivity index (χ3v) is 2.53. The molecule has 0 saturated carbocycles. The molecule has 0 aliphatic heterocycles. The molecule has 0 heterocycles. The third-order valence-electron chi connectivity index (χ3n) is 1.64. The lowest BCUT2D eigenvalue weighted by Gasteiger charge is -1.98. The van der Waals surface area contributed by atoms with Gasteiger partial charge < -0.3 is 5.73 Å². The maximum absolute atomic E-state index is 5.36. The Kier molecular flexibility index (Phi) is 4.65. The molecule has 0 bridgehead atoms. The summed E-state index contributed by atoms with van der Waals surface area (Å²) in [7, 11) is 0. The summed E-state index contributed by atoms with van der Waals surface area (Å²) in [6, 6.07) is 8.52. The third kappa shape index (κ3) is 3.66. The second-order valence-electron chi connectivity index (χ2n) is 2.64. The van der Waals surface area contributed by atoms with Gasteiger partial charge in [-0.25, -0.2) is 0 Å². The summed E-state index contributed by atoms with van der Waals surface area (Å²) in [6.45, 7) is 2.76. The molecule has 13 heavy (non-hydrogen) atoms. The van der Waals surface area contributed by atoms with Crippen molar-refractivity contribution in [1.82, 2.24) is 0 Å². The minimum Gasteiger partial charge on any atom is -0.327 e. The van der Waals surface area contributed by atoms with Crippen LogP contribution in [0.4, 0.5) is 0 Å². The topological polar surface area (TPSA) is 26.0 Å². The predicted molar refractivity (Wildman–Crippen MR) is 60.9 cm³/mol. The maximum Gasteiger partial charge on any atom is 0.0110 e. The fourth-order valence-electron chi connectivity index (χ4n) is 1.05. The van der Waals surface area contributed by atoms with Gasteiger partial charge in [0, 0.05) is 11.4 Å². The van der Waals surface area contributed by atoms with Crippen molar-refractivity contribution in [3.05, 3.63) is 35.9 Å². The smallest absolute Gasteiger partial charge is 0.0110 e. The molecular weight excluding hydrogens is 178 g/mol. The van der Waals surface area contributed by atoms with Crippen LogP contribution in [-0.2, 0) is 0 Å². The molecule has 0 aliphatic carbocycles. The summed E-state index contributed by atoms with van der Waals surface area (Å²) < 4.78 is 0. The van der Waals surface area contributed by atoms with Crippen molar-refractivity contribution in [2.75, 3.05) is 12.3 Å². The van der Waals surface area contributed by atoms with Gasteiger partial charge in [-0.3, -0.25) is 0 Å². The summed E-state index contributed by atoms with van der Waals surface area (Å²) in [4.78, 5) is 1.33. The van der Waals surface area contributed by atoms with E-state index in [-0.39, 0.29) is 0 Å². The van der Waals surface area contributed by atoms with E-state index in [2.05, 4.69) is 31.2 Å². The zero-order chi connectivity index (χ0) is 9.52. The molecule has 1 aromatic carbocycles. The van der Waals surface area contributed by atoms with Crippen molar-refractivity contribution in [2.45, 2.75) is 11.8 Å². The molecule has 70 valence electrons. The largest absolute Gasteiger partial charge is 0.327 e. The standard InChI is InChI=1S/C11H15NS/c1-2-13-11-7-5-10(6-8-11)4-3-9-12/h3-8H,2,9,12H2,1H3/b4-3+. The minimum atomic E-state index is 0.603. The van der Waals surface area contributed by atoms with E-state index in [9.17, 15) is 0 Å². The minimum absolute atomic E-state index is 0.603. The highest BCUT2D eigenvalue weighted by molar-refractivity contribution is 7.99. The Labute approximate surface area is 84.0 Å². The highest BCUT2D eigenvalue weighted by atomic mass is 32.2. The van der Waals surface area contributed by atoms with Gasteiger partial charge >= 0.3 is 0 Å². The second kappa shape index (κ2) is 5.84. The molecule has 0 fully saturated rings. The van der Waals surface area contributed by atoms with E-state index in [1.54, 1.807) is 0 Å². The second-order valence-corrected chi connectivity index (χ2v) is 3.98. The van der Waals surface area contributed by atoms with Crippen LogP contribution < -0.4 is 5.73 Å². The fraction of sp³-hybridized carbons (Fsp3) is 0.273. The van der Waals surface area contributed by atoms with E-state index in [4.69, 9.17) is 5.73 Å². The van der Waals surface area contributed by atoms with Gasteiger partial charge in [-0.1, -0.05) is 31.2 Å². The maximum atomic E-state index is 5.36. The van der Waals surface area contributed by atoms with Crippen LogP contribution in [-0.4, -0.2) is 12.3 Å². The quantitative estimate of drug-likeness (QED) is 0.744. The summed E-state index contributed by atoms with van der Waals surface area (Å²) in [5, 5.41) is 0. The Hall–Kier alpha value is -0.730. The van der Waals surface area contributed by atoms with Crippen LogP contribution in [0.5, 0.6) is 0 Å². The van der Waals surface area contributed by atoms with Crippen LogP contribution in [0.2, 0.25) is 0 Å². The lowest BCUT2D eigenvalue weighted by atomic mass is 10.2. The molecule has 2 N–H and O–H groups in total. The van der Waals surface area contributed by atoms with Crippen LogP contribution in [0.3, 0.4) is 0 Å². The van der Waals surface area contributed by atoms with E-state index >= 15 is 0 Å². The first-order valence-electron chi connectivity index (χ1n) is 4.46. The first kappa shape index (κ1) is 10.4. The van der Waals surface area contributed by atoms with E-state index in [1.807, 2.05) is 23.9 Å². The van der Waals surface area contributed by atoms with Crippen molar-refractivity contribution < 1.29 is 0 Å². The Morgan fingerprint density at radius 1 is 1.31 bits per heavy atom. The summed E-state index contributed by atoms with van der Waals surface area (Å²) >= 11 is 1.86. The molecule has 0 radical (unpaired) electrons. The molecule has 0 spiro atoms. The Morgan fingerprint density at radius 2 is 2.00 bits per heavy atom. The fourth-order valence-corrected chi connectivity index (χ4v) is 1.71. The van der Waals surface area contributed by atoms with Crippen LogP contribution >= 0.6 is 11.8 Å². The van der Waals surface area contributed by atoms with Gasteiger partial charge in [0.1, 0.15) is 0 Å². The molecule has 0 unspecified atom stereocenters. The van der Waals surface area contributed by atoms with E-state index in [1.165, 1.54) is 10.5 Å². The Bertz CT molecular complexity index is 264. The number of hydrogen-bond acceptors (Lipinski definition) is 2. The van der Waals surface area contributed by atoms with E-state index in [0.717, 1.165) is 5.75 Å². The van der Waals surface area contributed by atoms with Crippen molar-refractivity contribution in [3.8, 4) is 0 Å². The van der Waals surface area contributed by atoms with Crippen molar-refractivity contribution >= 4 is 17.8 Å². The summed E-state index contributed by atoms with van der Waals surface area (Å²) in [6.07, 6.45) is 4.00. The van der Waals surface area contributed by atoms with Gasteiger partial charge in [-0.15, -0.1) is 11.8 Å². The van der Waals surface area contributed by atoms with Crippen molar-refractivity contribution in [2.24, 2.45) is 5.73 Å². The van der Waals surface area contributed by atoms with Crippen LogP contribution in [0.1, 0.15) is 12.5 Å². The normalized spacial score (nSPS) is 10.9. The number of benzene rings is 1. The molecule has 1 aromatic rings. The Balaban J connectivity index is 2.64. The SMILES string of the molecule is CCSc1ccc(/C=C/CN)cc1. The van der Waals surface area contributed by atoms with E-state index < -0.39 is 0 Å². The first-order chi connectivity index (χ1) is 6.36. The van der Waals surface area contributed by atoms with Gasteiger partial charge in [0.15, 0.2) is 0 Å².